The summed E-state index contributed by atoms with van der Waals surface area (Å²) in [4.78, 5) is 8.12. The molecule has 2 rings (SSSR count). The van der Waals surface area contributed by atoms with E-state index in [1.165, 1.54) is 0 Å². The molecular weight excluding hydrogens is 282 g/mol. The van der Waals surface area contributed by atoms with Crippen LogP contribution in [-0.4, -0.2) is 9.97 Å². The number of rotatable bonds is 2. The van der Waals surface area contributed by atoms with Crippen LogP contribution in [0.15, 0.2) is 28.9 Å². The molecule has 0 spiro atoms. The number of halogens is 1. The zero-order chi connectivity index (χ0) is 12.4. The van der Waals surface area contributed by atoms with Gasteiger partial charge in [-0.15, -0.1) is 0 Å². The number of nitrogen functional groups attached to an aromatic ring is 1. The van der Waals surface area contributed by atoms with Crippen LogP contribution in [0.5, 0.6) is 11.8 Å². The van der Waals surface area contributed by atoms with Crippen LogP contribution in [0.1, 0.15) is 11.1 Å². The van der Waals surface area contributed by atoms with Crippen LogP contribution >= 0.6 is 15.9 Å². The van der Waals surface area contributed by atoms with Crippen LogP contribution in [0.25, 0.3) is 0 Å². The predicted molar refractivity (Wildman–Crippen MR) is 70.1 cm³/mol. The lowest BCUT2D eigenvalue weighted by Crippen LogP contribution is -1.98. The molecule has 5 heteroatoms. The summed E-state index contributed by atoms with van der Waals surface area (Å²) in [6, 6.07) is 7.70. The SMILES string of the molecule is Cc1cccc(Oc2nc(N)cc(Br)n2)c1C. The van der Waals surface area contributed by atoms with Gasteiger partial charge >= 0.3 is 6.01 Å². The summed E-state index contributed by atoms with van der Waals surface area (Å²) in [5.74, 6) is 1.11. The van der Waals surface area contributed by atoms with Crippen LogP contribution < -0.4 is 10.5 Å². The van der Waals surface area contributed by atoms with Crippen LogP contribution in [0.3, 0.4) is 0 Å². The summed E-state index contributed by atoms with van der Waals surface area (Å²) in [6.45, 7) is 4.02. The Morgan fingerprint density at radius 3 is 2.71 bits per heavy atom. The van der Waals surface area contributed by atoms with Gasteiger partial charge < -0.3 is 10.5 Å². The zero-order valence-electron chi connectivity index (χ0n) is 9.57. The summed E-state index contributed by atoms with van der Waals surface area (Å²) < 4.78 is 6.22. The molecule has 88 valence electrons. The van der Waals surface area contributed by atoms with Crippen molar-refractivity contribution in [3.8, 4) is 11.8 Å². The summed E-state index contributed by atoms with van der Waals surface area (Å²) in [7, 11) is 0. The lowest BCUT2D eigenvalue weighted by atomic mass is 10.1. The Kier molecular flexibility index (Phi) is 3.28. The molecule has 2 aromatic rings. The molecule has 0 atom stereocenters. The molecule has 1 aromatic heterocycles. The highest BCUT2D eigenvalue weighted by Crippen LogP contribution is 2.25. The van der Waals surface area contributed by atoms with Gasteiger partial charge in [0.1, 0.15) is 16.2 Å². The van der Waals surface area contributed by atoms with E-state index >= 15 is 0 Å². The molecule has 0 amide bonds. The summed E-state index contributed by atoms with van der Waals surface area (Å²) in [6.07, 6.45) is 0. The lowest BCUT2D eigenvalue weighted by Gasteiger charge is -2.09. The summed E-state index contributed by atoms with van der Waals surface area (Å²) in [5.41, 5.74) is 7.84. The van der Waals surface area contributed by atoms with Gasteiger partial charge in [-0.3, -0.25) is 0 Å². The van der Waals surface area contributed by atoms with E-state index in [1.54, 1.807) is 6.07 Å². The summed E-state index contributed by atoms with van der Waals surface area (Å²) in [5, 5.41) is 0. The Labute approximate surface area is 108 Å². The Bertz CT molecular complexity index is 537. The molecule has 2 N–H and O–H groups in total. The van der Waals surface area contributed by atoms with Crippen molar-refractivity contribution in [1.82, 2.24) is 9.97 Å². The van der Waals surface area contributed by atoms with E-state index in [0.29, 0.717) is 10.4 Å². The quantitative estimate of drug-likeness (QED) is 0.864. The van der Waals surface area contributed by atoms with Crippen molar-refractivity contribution in [3.63, 3.8) is 0 Å². The number of ether oxygens (including phenoxy) is 1. The highest BCUT2D eigenvalue weighted by atomic mass is 79.9. The number of hydrogen-bond acceptors (Lipinski definition) is 4. The molecule has 0 saturated heterocycles. The van der Waals surface area contributed by atoms with Gasteiger partial charge in [-0.25, -0.2) is 0 Å². The third kappa shape index (κ3) is 2.74. The van der Waals surface area contributed by atoms with Crippen molar-refractivity contribution in [1.29, 1.82) is 0 Å². The van der Waals surface area contributed by atoms with Gasteiger partial charge in [0.25, 0.3) is 0 Å². The monoisotopic (exact) mass is 293 g/mol. The number of benzene rings is 1. The van der Waals surface area contributed by atoms with Gasteiger partial charge in [0.15, 0.2) is 0 Å². The first-order chi connectivity index (χ1) is 8.06. The second-order valence-electron chi connectivity index (χ2n) is 3.70. The smallest absolute Gasteiger partial charge is 0.325 e. The lowest BCUT2D eigenvalue weighted by molar-refractivity contribution is 0.438. The molecule has 0 aliphatic heterocycles. The fourth-order valence-corrected chi connectivity index (χ4v) is 1.78. The molecule has 0 saturated carbocycles. The molecule has 0 aliphatic carbocycles. The molecule has 0 aliphatic rings. The maximum absolute atomic E-state index is 5.62. The molecule has 1 heterocycles. The van der Waals surface area contributed by atoms with Crippen molar-refractivity contribution in [2.45, 2.75) is 13.8 Å². The van der Waals surface area contributed by atoms with Crippen molar-refractivity contribution in [2.75, 3.05) is 5.73 Å². The molecule has 1 aromatic carbocycles. The van der Waals surface area contributed by atoms with E-state index < -0.39 is 0 Å². The third-order valence-corrected chi connectivity index (χ3v) is 2.86. The number of aryl methyl sites for hydroxylation is 1. The van der Waals surface area contributed by atoms with Gasteiger partial charge in [0.05, 0.1) is 0 Å². The number of hydrogen-bond donors (Lipinski definition) is 1. The van der Waals surface area contributed by atoms with E-state index in [-0.39, 0.29) is 6.01 Å². The Morgan fingerprint density at radius 1 is 1.24 bits per heavy atom. The zero-order valence-corrected chi connectivity index (χ0v) is 11.2. The Balaban J connectivity index is 2.34. The number of anilines is 1. The first-order valence-corrected chi connectivity index (χ1v) is 5.89. The summed E-state index contributed by atoms with van der Waals surface area (Å²) >= 11 is 3.25. The minimum Gasteiger partial charge on any atom is -0.424 e. The van der Waals surface area contributed by atoms with Gasteiger partial charge in [0.2, 0.25) is 0 Å². The highest BCUT2D eigenvalue weighted by molar-refractivity contribution is 9.10. The molecule has 0 unspecified atom stereocenters. The number of aromatic nitrogens is 2. The standard InChI is InChI=1S/C12H12BrN3O/c1-7-4-3-5-9(8(7)2)17-12-15-10(13)6-11(14)16-12/h3-6H,1-2H3,(H2,14,15,16). The Morgan fingerprint density at radius 2 is 2.00 bits per heavy atom. The number of nitrogens with two attached hydrogens (primary N) is 1. The topological polar surface area (TPSA) is 61.0 Å². The minimum absolute atomic E-state index is 0.241. The molecule has 4 nitrogen and oxygen atoms in total. The van der Waals surface area contributed by atoms with Crippen LogP contribution in [-0.2, 0) is 0 Å². The van der Waals surface area contributed by atoms with Gasteiger partial charge in [-0.2, -0.15) is 9.97 Å². The van der Waals surface area contributed by atoms with Crippen molar-refractivity contribution in [2.24, 2.45) is 0 Å². The van der Waals surface area contributed by atoms with Crippen molar-refractivity contribution >= 4 is 21.7 Å². The second kappa shape index (κ2) is 4.71. The minimum atomic E-state index is 0.241. The average Bonchev–Trinajstić information content (AvgIpc) is 2.23. The first kappa shape index (κ1) is 11.9. The predicted octanol–water partition coefficient (Wildman–Crippen LogP) is 3.23. The van der Waals surface area contributed by atoms with Crippen molar-refractivity contribution < 1.29 is 4.74 Å². The largest absolute Gasteiger partial charge is 0.424 e. The van der Waals surface area contributed by atoms with E-state index in [1.807, 2.05) is 32.0 Å². The van der Waals surface area contributed by atoms with E-state index in [0.717, 1.165) is 16.9 Å². The average molecular weight is 294 g/mol. The molecule has 0 radical (unpaired) electrons. The normalized spacial score (nSPS) is 10.3. The van der Waals surface area contributed by atoms with E-state index in [2.05, 4.69) is 25.9 Å². The maximum Gasteiger partial charge on any atom is 0.325 e. The highest BCUT2D eigenvalue weighted by Gasteiger charge is 2.07. The van der Waals surface area contributed by atoms with E-state index in [4.69, 9.17) is 10.5 Å². The third-order valence-electron chi connectivity index (χ3n) is 2.45. The maximum atomic E-state index is 5.62. The van der Waals surface area contributed by atoms with Crippen LogP contribution in [0.2, 0.25) is 0 Å². The molecule has 17 heavy (non-hydrogen) atoms. The molecular formula is C12H12BrN3O. The van der Waals surface area contributed by atoms with Crippen molar-refractivity contribution in [3.05, 3.63) is 40.0 Å². The van der Waals surface area contributed by atoms with Gasteiger partial charge in [0, 0.05) is 6.07 Å². The van der Waals surface area contributed by atoms with Crippen LogP contribution in [0, 0.1) is 13.8 Å². The number of nitrogens with zero attached hydrogens (tertiary/aromatic N) is 2. The molecule has 0 fully saturated rings. The van der Waals surface area contributed by atoms with Gasteiger partial charge in [-0.05, 0) is 47.0 Å². The fourth-order valence-electron chi connectivity index (χ4n) is 1.39. The van der Waals surface area contributed by atoms with Crippen LogP contribution in [0.4, 0.5) is 5.82 Å². The second-order valence-corrected chi connectivity index (χ2v) is 4.51. The Hall–Kier alpha value is -1.62. The first-order valence-electron chi connectivity index (χ1n) is 5.10. The van der Waals surface area contributed by atoms with E-state index in [9.17, 15) is 0 Å². The molecule has 0 bridgehead atoms. The fraction of sp³-hybridized carbons (Fsp3) is 0.167. The van der Waals surface area contributed by atoms with Gasteiger partial charge in [-0.1, -0.05) is 12.1 Å².